The lowest BCUT2D eigenvalue weighted by molar-refractivity contribution is -0.726. The van der Waals surface area contributed by atoms with Gasteiger partial charge in [-0.3, -0.25) is 14.1 Å². The first-order valence-electron chi connectivity index (χ1n) is 6.73. The quantitative estimate of drug-likeness (QED) is 0.284. The van der Waals surface area contributed by atoms with E-state index >= 15 is 0 Å². The van der Waals surface area contributed by atoms with Gasteiger partial charge in [0.25, 0.3) is 0 Å². The topological polar surface area (TPSA) is 148 Å². The molecule has 0 aromatic carbocycles. The second-order valence-corrected chi connectivity index (χ2v) is 9.52. The highest BCUT2D eigenvalue weighted by atomic mass is 31.2. The number of H-pyrrole nitrogens is 1. The molecule has 2 aromatic heterocycles. The molecule has 0 fully saturated rings. The lowest BCUT2D eigenvalue weighted by atomic mass is 10.1. The molecule has 0 aliphatic rings. The largest absolute Gasteiger partial charge is 0.347 e. The minimum atomic E-state index is -5.20. The zero-order valence-corrected chi connectivity index (χ0v) is 14.6. The summed E-state index contributed by atoms with van der Waals surface area (Å²) in [5.74, 6) is 0. The number of rotatable bonds is 6. The van der Waals surface area contributed by atoms with Crippen molar-refractivity contribution in [3.8, 4) is 11.1 Å². The van der Waals surface area contributed by atoms with Crippen LogP contribution in [0.4, 0.5) is 0 Å². The Labute approximate surface area is 138 Å². The fourth-order valence-electron chi connectivity index (χ4n) is 2.34. The van der Waals surface area contributed by atoms with Crippen molar-refractivity contribution in [2.75, 3.05) is 0 Å². The van der Waals surface area contributed by atoms with Crippen LogP contribution in [0.15, 0.2) is 43.5 Å². The summed E-state index contributed by atoms with van der Waals surface area (Å²) in [5.41, 5.74) is 1.67. The third kappa shape index (κ3) is 3.42. The highest BCUT2D eigenvalue weighted by Crippen LogP contribution is 2.70. The Kier molecular flexibility index (Phi) is 4.97. The summed E-state index contributed by atoms with van der Waals surface area (Å²) in [6.45, 7) is 3.23. The molecule has 0 amide bonds. The van der Waals surface area contributed by atoms with Gasteiger partial charge in [-0.2, -0.15) is 5.10 Å². The molecule has 9 nitrogen and oxygen atoms in total. The van der Waals surface area contributed by atoms with E-state index in [0.29, 0.717) is 11.6 Å². The molecular formula is C13H18N3O6P2+. The Balaban J connectivity index is 2.50. The van der Waals surface area contributed by atoms with E-state index in [-0.39, 0.29) is 5.56 Å². The van der Waals surface area contributed by atoms with Gasteiger partial charge >= 0.3 is 15.2 Å². The fraction of sp³-hybridized carbons (Fsp3) is 0.231. The summed E-state index contributed by atoms with van der Waals surface area (Å²) < 4.78 is 25.3. The number of nitrogens with zero attached hydrogens (tertiary/aromatic N) is 2. The van der Waals surface area contributed by atoms with Crippen molar-refractivity contribution < 1.29 is 33.4 Å². The average Bonchev–Trinajstić information content (AvgIpc) is 2.89. The van der Waals surface area contributed by atoms with Gasteiger partial charge in [-0.25, -0.2) is 0 Å². The van der Waals surface area contributed by atoms with E-state index < -0.39 is 26.5 Å². The van der Waals surface area contributed by atoms with E-state index in [2.05, 4.69) is 16.7 Å². The SMILES string of the molecule is C=CC(Cc1cncc(-c2c[nH][n+](C)c2)c1)(P(=O)(O)O)P(=O)(O)O. The predicted octanol–water partition coefficient (Wildman–Crippen LogP) is 0.681. The normalized spacial score (nSPS) is 13.0. The highest BCUT2D eigenvalue weighted by molar-refractivity contribution is 7.72. The van der Waals surface area contributed by atoms with Crippen LogP contribution in [0.3, 0.4) is 0 Å². The molecule has 0 spiro atoms. The maximum absolute atomic E-state index is 11.8. The predicted molar refractivity (Wildman–Crippen MR) is 85.9 cm³/mol. The second kappa shape index (κ2) is 6.37. The van der Waals surface area contributed by atoms with E-state index in [1.54, 1.807) is 30.2 Å². The van der Waals surface area contributed by atoms with E-state index in [9.17, 15) is 28.7 Å². The van der Waals surface area contributed by atoms with E-state index in [0.717, 1.165) is 5.56 Å². The third-order valence-corrected chi connectivity index (χ3v) is 7.95. The van der Waals surface area contributed by atoms with Gasteiger partial charge in [0.15, 0.2) is 11.9 Å². The lowest BCUT2D eigenvalue weighted by Crippen LogP contribution is -2.29. The number of pyridine rings is 1. The fourth-order valence-corrected chi connectivity index (χ4v) is 4.95. The second-order valence-electron chi connectivity index (χ2n) is 5.40. The summed E-state index contributed by atoms with van der Waals surface area (Å²) >= 11 is 0. The van der Waals surface area contributed by atoms with Crippen LogP contribution in [0.25, 0.3) is 11.1 Å². The molecule has 5 N–H and O–H groups in total. The first-order valence-corrected chi connectivity index (χ1v) is 9.96. The molecule has 2 heterocycles. The van der Waals surface area contributed by atoms with Crippen LogP contribution in [-0.2, 0) is 22.6 Å². The average molecular weight is 374 g/mol. The maximum Gasteiger partial charge on any atom is 0.347 e. The van der Waals surface area contributed by atoms with Gasteiger partial charge in [-0.1, -0.05) is 6.08 Å². The highest BCUT2D eigenvalue weighted by Gasteiger charge is 2.58. The Morgan fingerprint density at radius 1 is 1.25 bits per heavy atom. The first-order chi connectivity index (χ1) is 11.0. The number of nitrogens with one attached hydrogen (secondary N) is 1. The van der Waals surface area contributed by atoms with Crippen molar-refractivity contribution in [3.63, 3.8) is 0 Å². The number of aryl methyl sites for hydroxylation is 1. The number of hydrogen-bond acceptors (Lipinski definition) is 3. The molecule has 11 heteroatoms. The van der Waals surface area contributed by atoms with Crippen LogP contribution in [0.2, 0.25) is 0 Å². The van der Waals surface area contributed by atoms with Crippen molar-refractivity contribution in [1.82, 2.24) is 10.1 Å². The summed E-state index contributed by atoms with van der Waals surface area (Å²) in [6, 6.07) is 1.57. The van der Waals surface area contributed by atoms with Crippen molar-refractivity contribution in [2.24, 2.45) is 7.05 Å². The monoisotopic (exact) mass is 374 g/mol. The van der Waals surface area contributed by atoms with Crippen molar-refractivity contribution in [1.29, 1.82) is 0 Å². The Hall–Kier alpha value is -1.60. The number of aromatic amines is 1. The molecule has 2 aromatic rings. The zero-order valence-electron chi connectivity index (χ0n) is 12.8. The standard InChI is InChI=1S/C13H17N3O6P2/c1-3-13(23(17,18)19,24(20,21)22)5-10-4-11(7-14-6-10)12-8-15-16(2)9-12/h3-4,6-9H,1,5H2,2H3,(H4,17,18,19,20,21,22)/p+1. The van der Waals surface area contributed by atoms with Crippen LogP contribution < -0.4 is 4.68 Å². The zero-order chi connectivity index (χ0) is 18.2. The number of allylic oxidation sites excluding steroid dienone is 1. The lowest BCUT2D eigenvalue weighted by Gasteiger charge is -2.31. The Morgan fingerprint density at radius 2 is 1.88 bits per heavy atom. The van der Waals surface area contributed by atoms with E-state index in [1.165, 1.54) is 12.4 Å². The molecule has 0 aliphatic carbocycles. The maximum atomic E-state index is 11.8. The van der Waals surface area contributed by atoms with Gasteiger partial charge in [0.2, 0.25) is 6.20 Å². The molecule has 130 valence electrons. The molecule has 0 unspecified atom stereocenters. The number of aromatic nitrogens is 3. The van der Waals surface area contributed by atoms with Crippen LogP contribution in [0.5, 0.6) is 0 Å². The minimum Gasteiger partial charge on any atom is -0.323 e. The Bertz CT molecular complexity index is 831. The molecular weight excluding hydrogens is 356 g/mol. The molecule has 0 atom stereocenters. The van der Waals surface area contributed by atoms with Crippen molar-refractivity contribution >= 4 is 15.2 Å². The van der Waals surface area contributed by atoms with Gasteiger partial charge in [-0.05, 0) is 11.6 Å². The van der Waals surface area contributed by atoms with Crippen LogP contribution in [0.1, 0.15) is 5.56 Å². The van der Waals surface area contributed by atoms with E-state index in [1.807, 2.05) is 0 Å². The molecule has 0 radical (unpaired) electrons. The van der Waals surface area contributed by atoms with Gasteiger partial charge in [0.1, 0.15) is 0 Å². The molecule has 24 heavy (non-hydrogen) atoms. The van der Waals surface area contributed by atoms with Gasteiger partial charge in [0, 0.05) is 24.4 Å². The molecule has 0 aliphatic heterocycles. The van der Waals surface area contributed by atoms with Crippen LogP contribution >= 0.6 is 15.2 Å². The Morgan fingerprint density at radius 3 is 2.33 bits per heavy atom. The summed E-state index contributed by atoms with van der Waals surface area (Å²) in [5, 5.41) is 2.92. The smallest absolute Gasteiger partial charge is 0.323 e. The van der Waals surface area contributed by atoms with Crippen LogP contribution in [0, 0.1) is 0 Å². The van der Waals surface area contributed by atoms with Crippen LogP contribution in [-0.4, -0.2) is 34.6 Å². The third-order valence-electron chi connectivity index (χ3n) is 3.68. The van der Waals surface area contributed by atoms with Gasteiger partial charge in [0.05, 0.1) is 11.8 Å². The molecule has 0 saturated carbocycles. The summed E-state index contributed by atoms with van der Waals surface area (Å²) in [6.07, 6.45) is 6.36. The molecule has 0 saturated heterocycles. The molecule has 0 bridgehead atoms. The van der Waals surface area contributed by atoms with Crippen molar-refractivity contribution in [2.45, 2.75) is 11.3 Å². The van der Waals surface area contributed by atoms with Gasteiger partial charge < -0.3 is 19.6 Å². The summed E-state index contributed by atoms with van der Waals surface area (Å²) in [7, 11) is -8.61. The molecule has 2 rings (SSSR count). The first kappa shape index (κ1) is 18.7. The van der Waals surface area contributed by atoms with Gasteiger partial charge in [-0.15, -0.1) is 11.3 Å². The van der Waals surface area contributed by atoms with E-state index in [4.69, 9.17) is 0 Å². The number of hydrogen-bond donors (Lipinski definition) is 5. The minimum absolute atomic E-state index is 0.267. The van der Waals surface area contributed by atoms with Crippen molar-refractivity contribution in [3.05, 3.63) is 49.1 Å². The summed E-state index contributed by atoms with van der Waals surface area (Å²) in [4.78, 5) is 39.4.